The van der Waals surface area contributed by atoms with Crippen molar-refractivity contribution in [1.29, 1.82) is 0 Å². The fourth-order valence-electron chi connectivity index (χ4n) is 1.57. The van der Waals surface area contributed by atoms with Crippen molar-refractivity contribution < 1.29 is 22.7 Å². The molecule has 0 saturated heterocycles. The van der Waals surface area contributed by atoms with E-state index in [0.29, 0.717) is 12.1 Å². The summed E-state index contributed by atoms with van der Waals surface area (Å²) in [6, 6.07) is 5.57. The molecule has 0 bridgehead atoms. The van der Waals surface area contributed by atoms with Crippen LogP contribution in [0.15, 0.2) is 36.4 Å². The fraction of sp³-hybridized carbons (Fsp3) is 0.0769. The van der Waals surface area contributed by atoms with E-state index in [4.69, 9.17) is 0 Å². The molecule has 0 aromatic heterocycles. The minimum atomic E-state index is -1.49. The summed E-state index contributed by atoms with van der Waals surface area (Å²) in [6.45, 7) is 0. The molecule has 1 nitrogen and oxygen atoms in total. The molecule has 0 spiro atoms. The second-order valence-electron chi connectivity index (χ2n) is 3.74. The van der Waals surface area contributed by atoms with Crippen molar-refractivity contribution >= 4 is 0 Å². The normalized spacial score (nSPS) is 12.5. The maximum atomic E-state index is 13.4. The van der Waals surface area contributed by atoms with Crippen molar-refractivity contribution in [2.75, 3.05) is 0 Å². The summed E-state index contributed by atoms with van der Waals surface area (Å²) in [5.74, 6) is -4.17. The highest BCUT2D eigenvalue weighted by Crippen LogP contribution is 2.26. The number of aliphatic hydroxyl groups excluding tert-OH is 1. The van der Waals surface area contributed by atoms with Crippen LogP contribution in [0.3, 0.4) is 0 Å². The molecule has 94 valence electrons. The van der Waals surface area contributed by atoms with Gasteiger partial charge in [0.1, 0.15) is 17.7 Å². The zero-order valence-corrected chi connectivity index (χ0v) is 9.00. The number of hydrogen-bond acceptors (Lipinski definition) is 1. The molecule has 18 heavy (non-hydrogen) atoms. The van der Waals surface area contributed by atoms with Gasteiger partial charge in [0, 0.05) is 11.6 Å². The molecule has 1 unspecified atom stereocenters. The Bertz CT molecular complexity index is 566. The van der Waals surface area contributed by atoms with Crippen molar-refractivity contribution in [3.8, 4) is 0 Å². The van der Waals surface area contributed by atoms with Crippen LogP contribution in [-0.2, 0) is 0 Å². The van der Waals surface area contributed by atoms with E-state index in [-0.39, 0.29) is 5.56 Å². The van der Waals surface area contributed by atoms with Crippen molar-refractivity contribution in [3.63, 3.8) is 0 Å². The highest BCUT2D eigenvalue weighted by molar-refractivity contribution is 5.31. The van der Waals surface area contributed by atoms with Crippen LogP contribution in [0.2, 0.25) is 0 Å². The van der Waals surface area contributed by atoms with E-state index in [9.17, 15) is 22.7 Å². The van der Waals surface area contributed by atoms with Crippen LogP contribution in [-0.4, -0.2) is 5.11 Å². The molecule has 1 atom stereocenters. The predicted molar refractivity (Wildman–Crippen MR) is 56.8 cm³/mol. The van der Waals surface area contributed by atoms with Gasteiger partial charge in [-0.2, -0.15) is 0 Å². The Labute approximate surface area is 100 Å². The van der Waals surface area contributed by atoms with E-state index in [1.54, 1.807) is 0 Å². The largest absolute Gasteiger partial charge is 0.384 e. The summed E-state index contributed by atoms with van der Waals surface area (Å²) in [6.07, 6.45) is -1.49. The predicted octanol–water partition coefficient (Wildman–Crippen LogP) is 3.32. The quantitative estimate of drug-likeness (QED) is 0.645. The molecule has 0 aliphatic carbocycles. The molecular weight excluding hydrogens is 248 g/mol. The first-order valence-electron chi connectivity index (χ1n) is 5.07. The fourth-order valence-corrected chi connectivity index (χ4v) is 1.57. The SMILES string of the molecule is OC(c1ccc(F)cc1)c1cc(F)c(F)cc1F. The van der Waals surface area contributed by atoms with E-state index >= 15 is 0 Å². The molecule has 0 heterocycles. The van der Waals surface area contributed by atoms with Gasteiger partial charge in [-0.25, -0.2) is 17.6 Å². The number of halogens is 4. The zero-order chi connectivity index (χ0) is 13.3. The summed E-state index contributed by atoms with van der Waals surface area (Å²) in [7, 11) is 0. The van der Waals surface area contributed by atoms with Gasteiger partial charge < -0.3 is 5.11 Å². The Hall–Kier alpha value is -1.88. The van der Waals surface area contributed by atoms with Crippen LogP contribution in [0.25, 0.3) is 0 Å². The lowest BCUT2D eigenvalue weighted by Crippen LogP contribution is -2.04. The lowest BCUT2D eigenvalue weighted by molar-refractivity contribution is 0.213. The van der Waals surface area contributed by atoms with Crippen LogP contribution in [0, 0.1) is 23.3 Å². The second kappa shape index (κ2) is 4.78. The highest BCUT2D eigenvalue weighted by Gasteiger charge is 2.18. The average molecular weight is 256 g/mol. The number of benzene rings is 2. The van der Waals surface area contributed by atoms with Crippen LogP contribution < -0.4 is 0 Å². The molecule has 1 N–H and O–H groups in total. The van der Waals surface area contributed by atoms with Gasteiger partial charge in [-0.3, -0.25) is 0 Å². The lowest BCUT2D eigenvalue weighted by atomic mass is 10.0. The molecule has 2 rings (SSSR count). The molecule has 2 aromatic rings. The molecule has 0 aliphatic rings. The summed E-state index contributed by atoms with van der Waals surface area (Å²) in [4.78, 5) is 0. The molecule has 0 aliphatic heterocycles. The summed E-state index contributed by atoms with van der Waals surface area (Å²) in [5, 5.41) is 9.83. The van der Waals surface area contributed by atoms with Crippen LogP contribution >= 0.6 is 0 Å². The van der Waals surface area contributed by atoms with Gasteiger partial charge in [0.15, 0.2) is 11.6 Å². The summed E-state index contributed by atoms with van der Waals surface area (Å²) >= 11 is 0. The molecule has 0 fully saturated rings. The van der Waals surface area contributed by atoms with Crippen molar-refractivity contribution in [3.05, 3.63) is 70.8 Å². The van der Waals surface area contributed by atoms with Gasteiger partial charge in [-0.05, 0) is 23.8 Å². The maximum absolute atomic E-state index is 13.4. The Balaban J connectivity index is 2.42. The molecule has 2 aromatic carbocycles. The smallest absolute Gasteiger partial charge is 0.161 e. The Morgan fingerprint density at radius 2 is 1.33 bits per heavy atom. The zero-order valence-electron chi connectivity index (χ0n) is 9.00. The number of hydrogen-bond donors (Lipinski definition) is 1. The first kappa shape index (κ1) is 12.6. The van der Waals surface area contributed by atoms with Crippen molar-refractivity contribution in [1.82, 2.24) is 0 Å². The van der Waals surface area contributed by atoms with Crippen LogP contribution in [0.5, 0.6) is 0 Å². The van der Waals surface area contributed by atoms with Gasteiger partial charge in [-0.1, -0.05) is 12.1 Å². The van der Waals surface area contributed by atoms with E-state index in [1.807, 2.05) is 0 Å². The topological polar surface area (TPSA) is 20.2 Å². The number of aliphatic hydroxyl groups is 1. The highest BCUT2D eigenvalue weighted by atomic mass is 19.2. The van der Waals surface area contributed by atoms with E-state index < -0.39 is 34.9 Å². The molecule has 0 amide bonds. The standard InChI is InChI=1S/C13H8F4O/c14-8-3-1-7(2-4-8)13(18)9-5-11(16)12(17)6-10(9)15/h1-6,13,18H. The van der Waals surface area contributed by atoms with Gasteiger partial charge in [0.25, 0.3) is 0 Å². The number of rotatable bonds is 2. The van der Waals surface area contributed by atoms with Gasteiger partial charge in [-0.15, -0.1) is 0 Å². The van der Waals surface area contributed by atoms with Crippen molar-refractivity contribution in [2.24, 2.45) is 0 Å². The van der Waals surface area contributed by atoms with E-state index in [1.165, 1.54) is 12.1 Å². The minimum Gasteiger partial charge on any atom is -0.384 e. The molecule has 5 heteroatoms. The third-order valence-corrected chi connectivity index (χ3v) is 2.52. The van der Waals surface area contributed by atoms with Gasteiger partial charge in [0.2, 0.25) is 0 Å². The first-order chi connectivity index (χ1) is 8.49. The van der Waals surface area contributed by atoms with E-state index in [0.717, 1.165) is 12.1 Å². The summed E-state index contributed by atoms with van der Waals surface area (Å²) in [5.41, 5.74) is -0.221. The van der Waals surface area contributed by atoms with Gasteiger partial charge >= 0.3 is 0 Å². The summed E-state index contributed by atoms with van der Waals surface area (Å²) < 4.78 is 51.8. The maximum Gasteiger partial charge on any atom is 0.161 e. The molecular formula is C13H8F4O. The molecule has 0 saturated carbocycles. The Morgan fingerprint density at radius 1 is 0.778 bits per heavy atom. The molecule has 0 radical (unpaired) electrons. The average Bonchev–Trinajstić information content (AvgIpc) is 2.34. The third-order valence-electron chi connectivity index (χ3n) is 2.52. The van der Waals surface area contributed by atoms with E-state index in [2.05, 4.69) is 0 Å². The van der Waals surface area contributed by atoms with Gasteiger partial charge in [0.05, 0.1) is 0 Å². The van der Waals surface area contributed by atoms with Crippen molar-refractivity contribution in [2.45, 2.75) is 6.10 Å². The van der Waals surface area contributed by atoms with Crippen LogP contribution in [0.1, 0.15) is 17.2 Å². The first-order valence-corrected chi connectivity index (χ1v) is 5.07. The van der Waals surface area contributed by atoms with Crippen LogP contribution in [0.4, 0.5) is 17.6 Å². The monoisotopic (exact) mass is 256 g/mol. The second-order valence-corrected chi connectivity index (χ2v) is 3.74. The third kappa shape index (κ3) is 2.36. The Kier molecular flexibility index (Phi) is 3.34. The Morgan fingerprint density at radius 3 is 1.94 bits per heavy atom. The lowest BCUT2D eigenvalue weighted by Gasteiger charge is -2.12. The minimum absolute atomic E-state index is 0.182.